The van der Waals surface area contributed by atoms with E-state index in [4.69, 9.17) is 124 Å². The number of ketones is 3. The number of thioether (sulfide) groups is 2. The molecule has 832 valence electrons. The van der Waals surface area contributed by atoms with Crippen molar-refractivity contribution < 1.29 is 162 Å². The molecule has 144 heavy (non-hydrogen) atoms. The topological polar surface area (TPSA) is 454 Å². The number of nitrogens with zero attached hydrogens (tertiary/aromatic N) is 3. The van der Waals surface area contributed by atoms with Crippen LogP contribution in [-0.2, 0) is 154 Å². The second kappa shape index (κ2) is 90.4. The lowest BCUT2D eigenvalue weighted by atomic mass is 9.83. The van der Waals surface area contributed by atoms with Crippen LogP contribution in [-0.4, -0.2) is 443 Å². The number of carbonyl (C=O) groups excluding carboxylic acids is 8. The van der Waals surface area contributed by atoms with Crippen molar-refractivity contribution in [3.05, 3.63) is 39.8 Å². The number of Topliss-reactive ketones (excluding diaryl/α,β-unsaturated/α-hetero) is 3. The van der Waals surface area contributed by atoms with Crippen LogP contribution in [0.1, 0.15) is 171 Å². The summed E-state index contributed by atoms with van der Waals surface area (Å²) >= 11 is 4.13. The highest BCUT2D eigenvalue weighted by Gasteiger charge is 2.40. The largest absolute Gasteiger partial charge is 0.506 e. The molecule has 0 aliphatic carbocycles. The summed E-state index contributed by atoms with van der Waals surface area (Å²) in [4.78, 5) is 116. The first-order chi connectivity index (χ1) is 70.3. The number of thiazole rings is 1. The van der Waals surface area contributed by atoms with Crippen molar-refractivity contribution in [2.75, 3.05) is 348 Å². The number of hydrogen-bond acceptors (Lipinski definition) is 39. The Kier molecular flexibility index (Phi) is 82.3. The standard InChI is InChI=1S/C101H176N6O34S3/c1-9-17-84(103-99(116)87-78-142-100(105-87)94(141-82(6)109)77-89(80(3)4)107(8)101(117)85(81(5)10-2)76-93(113)88-18-15-16-26-106(88)7)74-83-23-24-90(110)86(75-83)104-96(115)22-14-12-20-92(112)98-97(143-79-144-98)91(111)19-11-13-21-95(114)102-25-28-118-30-32-120-34-36-122-38-40-124-42-44-126-46-48-128-50-52-130-54-56-132-58-60-134-62-64-136-66-68-138-70-72-140-73-71-139-69-67-137-65-63-135-61-59-133-57-55-131-53-51-129-49-47-127-45-43-125-41-39-123-37-35-121-33-31-119-29-27-108/h23-24,75,78,80-81,84-85,88-89,94,97-98,108,110H,9-22,25-74,76-77,79H2,1-8H3,(H,102,114)(H,103,116)(H,104,115)/t81-,84+,85-,88+,89+,94+,97?,98?/m0/s1. The van der Waals surface area contributed by atoms with Crippen molar-refractivity contribution in [3.63, 3.8) is 0 Å². The fraction of sp³-hybridized carbons (Fsp3) is 0.832. The van der Waals surface area contributed by atoms with Crippen LogP contribution in [0.25, 0.3) is 0 Å². The number of aliphatic hydroxyl groups excluding tert-OH is 1. The summed E-state index contributed by atoms with van der Waals surface area (Å²) in [5.74, 6) is -2.23. The zero-order valence-electron chi connectivity index (χ0n) is 87.4. The molecule has 2 aliphatic heterocycles. The fourth-order valence-electron chi connectivity index (χ4n) is 14.9. The van der Waals surface area contributed by atoms with E-state index < -0.39 is 40.4 Å². The fourth-order valence-corrected chi connectivity index (χ4v) is 19.0. The highest BCUT2D eigenvalue weighted by atomic mass is 32.2. The van der Waals surface area contributed by atoms with Crippen LogP contribution in [0.15, 0.2) is 23.6 Å². The number of ether oxygens (including phenoxy) is 24. The van der Waals surface area contributed by atoms with E-state index in [-0.39, 0.29) is 121 Å². The summed E-state index contributed by atoms with van der Waals surface area (Å²) in [5, 5.41) is 30.0. The molecule has 0 bridgehead atoms. The average Bonchev–Trinajstić information content (AvgIpc) is 1.47. The van der Waals surface area contributed by atoms with Crippen LogP contribution in [0.5, 0.6) is 5.75 Å². The number of esters is 1. The van der Waals surface area contributed by atoms with Gasteiger partial charge in [0.2, 0.25) is 17.7 Å². The number of amides is 4. The zero-order valence-corrected chi connectivity index (χ0v) is 89.9. The Morgan fingerprint density at radius 3 is 1.21 bits per heavy atom. The van der Waals surface area contributed by atoms with E-state index in [2.05, 4.69) is 20.9 Å². The van der Waals surface area contributed by atoms with Gasteiger partial charge in [-0.3, -0.25) is 43.3 Å². The number of carbonyl (C=O) groups is 8. The number of piperidine rings is 1. The Hall–Kier alpha value is -5.29. The molecule has 2 fully saturated rings. The SMILES string of the molecule is CCC[C@H](Cc1ccc(O)c(NC(=O)CCCCC(=O)C2SCSC2C(=O)CCCCC(=O)NCCOCCOCCOCCOCCOCCOCCOCCOCCOCCOCCOCCOCCOCCOCCOCCOCCOCCOCCOCCOCCOCCOCCOCCO)c1)NC(=O)c1csc([C@@H](C[C@H](C(C)C)N(C)C(=O)[C@@H](CC(=O)[C@H]2CCCCN2C)[C@@H](C)CC)OC(C)=O)n1. The van der Waals surface area contributed by atoms with Crippen molar-refractivity contribution in [2.24, 2.45) is 17.8 Å². The number of aromatic hydroxyl groups is 1. The van der Waals surface area contributed by atoms with Gasteiger partial charge in [0.1, 0.15) is 28.0 Å². The number of likely N-dealkylation sites (tertiary alicyclic amines) is 1. The van der Waals surface area contributed by atoms with Crippen molar-refractivity contribution in [1.29, 1.82) is 0 Å². The van der Waals surface area contributed by atoms with Crippen LogP contribution in [0.2, 0.25) is 0 Å². The minimum Gasteiger partial charge on any atom is -0.506 e. The number of aromatic nitrogens is 1. The molecule has 4 amide bonds. The van der Waals surface area contributed by atoms with Gasteiger partial charge < -0.3 is 145 Å². The third kappa shape index (κ3) is 67.1. The third-order valence-corrected chi connectivity index (χ3v) is 26.9. The van der Waals surface area contributed by atoms with E-state index in [0.29, 0.717) is 359 Å². The van der Waals surface area contributed by atoms with Crippen molar-refractivity contribution in [1.82, 2.24) is 25.4 Å². The Labute approximate surface area is 867 Å². The number of rotatable bonds is 102. The molecule has 0 radical (unpaired) electrons. The van der Waals surface area contributed by atoms with Gasteiger partial charge in [-0.15, -0.1) is 34.9 Å². The monoisotopic (exact) mass is 2110 g/mol. The molecule has 2 unspecified atom stereocenters. The first kappa shape index (κ1) is 131. The molecule has 0 spiro atoms. The molecule has 1 aromatic carbocycles. The number of anilines is 1. The van der Waals surface area contributed by atoms with Crippen molar-refractivity contribution in [3.8, 4) is 5.75 Å². The predicted octanol–water partition coefficient (Wildman–Crippen LogP) is 8.44. The van der Waals surface area contributed by atoms with E-state index >= 15 is 0 Å². The summed E-state index contributed by atoms with van der Waals surface area (Å²) in [6, 6.07) is 3.97. The van der Waals surface area contributed by atoms with E-state index in [1.165, 1.54) is 47.9 Å². The maximum absolute atomic E-state index is 14.5. The van der Waals surface area contributed by atoms with Crippen molar-refractivity contribution >= 4 is 87.5 Å². The maximum Gasteiger partial charge on any atom is 0.303 e. The number of unbranched alkanes of at least 4 members (excludes halogenated alkanes) is 2. The van der Waals surface area contributed by atoms with Crippen LogP contribution >= 0.6 is 34.9 Å². The lowest BCUT2D eigenvalue weighted by Gasteiger charge is -2.37. The Morgan fingerprint density at radius 2 is 0.854 bits per heavy atom. The van der Waals surface area contributed by atoms with Crippen LogP contribution < -0.4 is 16.0 Å². The van der Waals surface area contributed by atoms with Crippen molar-refractivity contribution in [2.45, 2.75) is 185 Å². The molecule has 2 saturated heterocycles. The van der Waals surface area contributed by atoms with Crippen LogP contribution in [0.4, 0.5) is 5.69 Å². The van der Waals surface area contributed by atoms with Gasteiger partial charge in [0, 0.05) is 87.5 Å². The van der Waals surface area contributed by atoms with Gasteiger partial charge in [-0.05, 0) is 94.5 Å². The Morgan fingerprint density at radius 1 is 0.486 bits per heavy atom. The van der Waals surface area contributed by atoms with Gasteiger partial charge in [0.05, 0.1) is 333 Å². The normalized spacial score (nSPS) is 15.6. The number of nitrogens with one attached hydrogen (secondary N) is 3. The van der Waals surface area contributed by atoms with Gasteiger partial charge in [-0.2, -0.15) is 0 Å². The van der Waals surface area contributed by atoms with Gasteiger partial charge in [-0.25, -0.2) is 4.98 Å². The molecule has 1 aromatic heterocycles. The number of likely N-dealkylation sites (N-methyl/N-ethyl adjacent to an activating group) is 1. The minimum absolute atomic E-state index is 0.00140. The predicted molar refractivity (Wildman–Crippen MR) is 546 cm³/mol. The molecule has 8 atom stereocenters. The first-order valence-corrected chi connectivity index (χ1v) is 54.7. The average molecular weight is 2110 g/mol. The molecule has 43 heteroatoms. The number of aliphatic hydroxyl groups is 1. The number of phenolic OH excluding ortho intramolecular Hbond substituents is 1. The molecule has 2 aromatic rings. The second-order valence-electron chi connectivity index (χ2n) is 34.7. The Balaban J connectivity index is 0.845. The minimum atomic E-state index is -0.858. The lowest BCUT2D eigenvalue weighted by molar-refractivity contribution is -0.149. The van der Waals surface area contributed by atoms with E-state index in [1.807, 2.05) is 41.7 Å². The van der Waals surface area contributed by atoms with Crippen LogP contribution in [0.3, 0.4) is 0 Å². The summed E-state index contributed by atoms with van der Waals surface area (Å²) < 4.78 is 133. The summed E-state index contributed by atoms with van der Waals surface area (Å²) in [5.41, 5.74) is 1.12. The molecule has 0 saturated carbocycles. The molecule has 40 nitrogen and oxygen atoms in total. The van der Waals surface area contributed by atoms with E-state index in [0.717, 1.165) is 44.2 Å². The highest BCUT2D eigenvalue weighted by molar-refractivity contribution is 8.20. The maximum atomic E-state index is 14.5. The Bertz CT molecular complexity index is 3540. The smallest absolute Gasteiger partial charge is 0.303 e. The van der Waals surface area contributed by atoms with Gasteiger partial charge in [0.15, 0.2) is 11.9 Å². The summed E-state index contributed by atoms with van der Waals surface area (Å²) in [6.07, 6.45) is 7.54. The molecule has 3 heterocycles. The molecule has 2 aliphatic rings. The number of benzene rings is 1. The molecular formula is C101H176N6O34S3. The highest BCUT2D eigenvalue weighted by Crippen LogP contribution is 2.40. The second-order valence-corrected chi connectivity index (χ2v) is 38.2. The zero-order chi connectivity index (χ0) is 104. The molecular weight excluding hydrogens is 1940 g/mol. The summed E-state index contributed by atoms with van der Waals surface area (Å²) in [6.45, 7) is 33.3. The summed E-state index contributed by atoms with van der Waals surface area (Å²) in [7, 11) is 3.73. The van der Waals surface area contributed by atoms with E-state index in [9.17, 15) is 43.5 Å². The molecule has 5 N–H and O–H groups in total. The number of hydrogen-bond donors (Lipinski definition) is 5. The number of phenols is 1. The lowest BCUT2D eigenvalue weighted by Crippen LogP contribution is -2.48. The van der Waals surface area contributed by atoms with Crippen LogP contribution in [0, 0.1) is 17.8 Å². The third-order valence-electron chi connectivity index (χ3n) is 23.0. The first-order valence-electron chi connectivity index (χ1n) is 51.8. The van der Waals surface area contributed by atoms with Gasteiger partial charge >= 0.3 is 5.97 Å². The molecule has 4 rings (SSSR count). The van der Waals surface area contributed by atoms with E-state index in [1.54, 1.807) is 29.5 Å². The quantitative estimate of drug-likeness (QED) is 0.0235. The van der Waals surface area contributed by atoms with Gasteiger partial charge in [0.25, 0.3) is 5.91 Å². The van der Waals surface area contributed by atoms with Gasteiger partial charge in [-0.1, -0.05) is 59.9 Å².